The summed E-state index contributed by atoms with van der Waals surface area (Å²) in [4.78, 5) is 23.5. The van der Waals surface area contributed by atoms with E-state index in [0.717, 1.165) is 26.9 Å². The topological polar surface area (TPSA) is 68.5 Å². The predicted molar refractivity (Wildman–Crippen MR) is 110 cm³/mol. The SMILES string of the molecule is COc1ccc(CN2C(=O)CC(c3ncc(C)o3)=Cc3ccc(Br)cc32)cn1. The Morgan fingerprint density at radius 1 is 1.21 bits per heavy atom. The molecule has 0 N–H and O–H groups in total. The summed E-state index contributed by atoms with van der Waals surface area (Å²) < 4.78 is 11.7. The predicted octanol–water partition coefficient (Wildman–Crippen LogP) is 4.63. The summed E-state index contributed by atoms with van der Waals surface area (Å²) in [6.45, 7) is 2.24. The lowest BCUT2D eigenvalue weighted by molar-refractivity contribution is -0.117. The second-order valence-corrected chi connectivity index (χ2v) is 7.43. The van der Waals surface area contributed by atoms with Crippen molar-refractivity contribution in [1.29, 1.82) is 0 Å². The Morgan fingerprint density at radius 2 is 2.07 bits per heavy atom. The number of benzene rings is 1. The summed E-state index contributed by atoms with van der Waals surface area (Å²) in [6, 6.07) is 9.58. The Labute approximate surface area is 171 Å². The highest BCUT2D eigenvalue weighted by molar-refractivity contribution is 9.10. The number of fused-ring (bicyclic) bond motifs is 1. The lowest BCUT2D eigenvalue weighted by Crippen LogP contribution is -2.30. The van der Waals surface area contributed by atoms with Crippen molar-refractivity contribution in [1.82, 2.24) is 9.97 Å². The molecule has 0 saturated heterocycles. The first kappa shape index (κ1) is 18.4. The van der Waals surface area contributed by atoms with Crippen molar-refractivity contribution in [2.75, 3.05) is 12.0 Å². The first-order chi connectivity index (χ1) is 13.5. The molecule has 7 heteroatoms. The molecule has 0 fully saturated rings. The Morgan fingerprint density at radius 3 is 2.75 bits per heavy atom. The summed E-state index contributed by atoms with van der Waals surface area (Å²) in [6.07, 6.45) is 5.56. The van der Waals surface area contributed by atoms with Crippen LogP contribution in [0.4, 0.5) is 5.69 Å². The van der Waals surface area contributed by atoms with Crippen LogP contribution in [-0.4, -0.2) is 23.0 Å². The average Bonchev–Trinajstić information content (AvgIpc) is 3.08. The van der Waals surface area contributed by atoms with Gasteiger partial charge in [-0.2, -0.15) is 0 Å². The highest BCUT2D eigenvalue weighted by Crippen LogP contribution is 2.35. The molecule has 0 spiro atoms. The summed E-state index contributed by atoms with van der Waals surface area (Å²) in [7, 11) is 1.58. The molecule has 142 valence electrons. The van der Waals surface area contributed by atoms with Gasteiger partial charge in [0.15, 0.2) is 0 Å². The quantitative estimate of drug-likeness (QED) is 0.592. The number of pyridine rings is 1. The zero-order valence-electron chi connectivity index (χ0n) is 15.5. The number of nitrogens with zero attached hydrogens (tertiary/aromatic N) is 3. The molecule has 0 unspecified atom stereocenters. The Bertz CT molecular complexity index is 1060. The lowest BCUT2D eigenvalue weighted by atomic mass is 10.1. The van der Waals surface area contributed by atoms with Crippen molar-refractivity contribution >= 4 is 39.2 Å². The number of amides is 1. The number of rotatable bonds is 4. The molecule has 0 aliphatic carbocycles. The molecule has 1 amide bonds. The summed E-state index contributed by atoms with van der Waals surface area (Å²) in [5, 5.41) is 0. The second-order valence-electron chi connectivity index (χ2n) is 6.51. The molecule has 6 nitrogen and oxygen atoms in total. The maximum atomic E-state index is 13.2. The summed E-state index contributed by atoms with van der Waals surface area (Å²) in [5.74, 6) is 1.70. The van der Waals surface area contributed by atoms with Gasteiger partial charge in [0.05, 0.1) is 32.0 Å². The zero-order valence-corrected chi connectivity index (χ0v) is 17.1. The number of carbonyl (C=O) groups is 1. The fraction of sp³-hybridized carbons (Fsp3) is 0.190. The minimum atomic E-state index is -0.0326. The third-order valence-corrected chi connectivity index (χ3v) is 4.99. The van der Waals surface area contributed by atoms with Crippen LogP contribution in [0, 0.1) is 6.92 Å². The monoisotopic (exact) mass is 439 g/mol. The summed E-state index contributed by atoms with van der Waals surface area (Å²) >= 11 is 3.51. The number of anilines is 1. The highest BCUT2D eigenvalue weighted by atomic mass is 79.9. The van der Waals surface area contributed by atoms with Gasteiger partial charge in [-0.25, -0.2) is 9.97 Å². The molecule has 2 aromatic heterocycles. The van der Waals surface area contributed by atoms with Gasteiger partial charge in [0, 0.05) is 22.3 Å². The molecule has 3 aromatic rings. The van der Waals surface area contributed by atoms with Crippen molar-refractivity contribution in [3.63, 3.8) is 0 Å². The van der Waals surface area contributed by atoms with E-state index in [-0.39, 0.29) is 12.3 Å². The molecule has 1 aliphatic rings. The van der Waals surface area contributed by atoms with E-state index in [0.29, 0.717) is 24.1 Å². The van der Waals surface area contributed by atoms with Crippen LogP contribution in [0.1, 0.15) is 29.2 Å². The van der Waals surface area contributed by atoms with Crippen LogP contribution in [0.15, 0.2) is 51.6 Å². The Kier molecular flexibility index (Phi) is 5.00. The van der Waals surface area contributed by atoms with Gasteiger partial charge < -0.3 is 14.1 Å². The standard InChI is InChI=1S/C21H18BrN3O3/c1-13-10-24-21(28-13)16-7-15-4-5-17(22)9-18(15)25(20(26)8-16)12-14-3-6-19(27-2)23-11-14/h3-7,9-11H,8,12H2,1-2H3. The van der Waals surface area contributed by atoms with Gasteiger partial charge in [-0.3, -0.25) is 4.79 Å². The third-order valence-electron chi connectivity index (χ3n) is 4.50. The van der Waals surface area contributed by atoms with Crippen molar-refractivity contribution in [2.45, 2.75) is 19.9 Å². The van der Waals surface area contributed by atoms with Gasteiger partial charge in [-0.05, 0) is 36.3 Å². The second kappa shape index (κ2) is 7.59. The molecule has 3 heterocycles. The molecular weight excluding hydrogens is 422 g/mol. The summed E-state index contributed by atoms with van der Waals surface area (Å²) in [5.41, 5.74) is 3.43. The molecular formula is C21H18BrN3O3. The van der Waals surface area contributed by atoms with Crippen LogP contribution in [0.5, 0.6) is 5.88 Å². The number of aryl methyl sites for hydroxylation is 1. The number of aromatic nitrogens is 2. The van der Waals surface area contributed by atoms with Crippen molar-refractivity contribution in [2.24, 2.45) is 0 Å². The van der Waals surface area contributed by atoms with E-state index in [9.17, 15) is 4.79 Å². The largest absolute Gasteiger partial charge is 0.481 e. The van der Waals surface area contributed by atoms with Crippen LogP contribution >= 0.6 is 15.9 Å². The fourth-order valence-corrected chi connectivity index (χ4v) is 3.47. The van der Waals surface area contributed by atoms with Crippen LogP contribution in [0.3, 0.4) is 0 Å². The molecule has 4 rings (SSSR count). The lowest BCUT2D eigenvalue weighted by Gasteiger charge is -2.23. The van der Waals surface area contributed by atoms with E-state index >= 15 is 0 Å². The molecule has 1 aromatic carbocycles. The van der Waals surface area contributed by atoms with E-state index in [1.807, 2.05) is 37.3 Å². The number of hydrogen-bond donors (Lipinski definition) is 0. The Balaban J connectivity index is 1.73. The van der Waals surface area contributed by atoms with E-state index in [1.165, 1.54) is 0 Å². The average molecular weight is 440 g/mol. The molecule has 0 bridgehead atoms. The number of ether oxygens (including phenoxy) is 1. The van der Waals surface area contributed by atoms with Crippen molar-refractivity contribution in [3.8, 4) is 5.88 Å². The first-order valence-electron chi connectivity index (χ1n) is 8.75. The molecule has 0 radical (unpaired) electrons. The third kappa shape index (κ3) is 3.71. The molecule has 1 aliphatic heterocycles. The molecule has 28 heavy (non-hydrogen) atoms. The number of oxazole rings is 1. The minimum Gasteiger partial charge on any atom is -0.481 e. The van der Waals surface area contributed by atoms with Crippen LogP contribution in [0.25, 0.3) is 11.6 Å². The van der Waals surface area contributed by atoms with Crippen molar-refractivity contribution in [3.05, 3.63) is 70.0 Å². The van der Waals surface area contributed by atoms with Crippen LogP contribution in [0.2, 0.25) is 0 Å². The van der Waals surface area contributed by atoms with Crippen LogP contribution in [-0.2, 0) is 11.3 Å². The van der Waals surface area contributed by atoms with Crippen LogP contribution < -0.4 is 9.64 Å². The maximum absolute atomic E-state index is 13.2. The Hall–Kier alpha value is -2.93. The maximum Gasteiger partial charge on any atom is 0.231 e. The van der Waals surface area contributed by atoms with E-state index in [4.69, 9.17) is 9.15 Å². The molecule has 0 saturated carbocycles. The van der Waals surface area contributed by atoms with E-state index < -0.39 is 0 Å². The number of halogens is 1. The zero-order chi connectivity index (χ0) is 19.7. The van der Waals surface area contributed by atoms with Gasteiger partial charge in [0.2, 0.25) is 17.7 Å². The molecule has 0 atom stereocenters. The van der Waals surface area contributed by atoms with Gasteiger partial charge in [-0.15, -0.1) is 0 Å². The normalized spacial score (nSPS) is 13.8. The van der Waals surface area contributed by atoms with Gasteiger partial charge in [-0.1, -0.05) is 28.1 Å². The van der Waals surface area contributed by atoms with Gasteiger partial charge in [0.1, 0.15) is 5.76 Å². The highest BCUT2D eigenvalue weighted by Gasteiger charge is 2.26. The smallest absolute Gasteiger partial charge is 0.231 e. The number of hydrogen-bond acceptors (Lipinski definition) is 5. The van der Waals surface area contributed by atoms with Crippen molar-refractivity contribution < 1.29 is 13.9 Å². The van der Waals surface area contributed by atoms with Gasteiger partial charge in [0.25, 0.3) is 0 Å². The van der Waals surface area contributed by atoms with Gasteiger partial charge >= 0.3 is 0 Å². The minimum absolute atomic E-state index is 0.0326. The van der Waals surface area contributed by atoms with E-state index in [2.05, 4.69) is 25.9 Å². The number of methoxy groups -OCH3 is 1. The first-order valence-corrected chi connectivity index (χ1v) is 9.55. The van der Waals surface area contributed by atoms with E-state index in [1.54, 1.807) is 30.5 Å². The fourth-order valence-electron chi connectivity index (χ4n) is 3.13. The number of carbonyl (C=O) groups excluding carboxylic acids is 1.